The molecule has 0 aromatic heterocycles. The second-order valence-corrected chi connectivity index (χ2v) is 8.45. The molecule has 2 aliphatic heterocycles. The van der Waals surface area contributed by atoms with E-state index in [-0.39, 0.29) is 29.6 Å². The first-order valence-electron chi connectivity index (χ1n) is 10.3. The molecule has 6 nitrogen and oxygen atoms in total. The van der Waals surface area contributed by atoms with Crippen LogP contribution in [0.1, 0.15) is 26.2 Å². The number of halogens is 2. The third-order valence-electron chi connectivity index (χ3n) is 6.38. The van der Waals surface area contributed by atoms with Gasteiger partial charge in [-0.05, 0) is 49.4 Å². The number of aliphatic hydroxyl groups excluding tert-OH is 1. The number of amides is 2. The van der Waals surface area contributed by atoms with Crippen LogP contribution >= 0.6 is 11.6 Å². The van der Waals surface area contributed by atoms with Crippen LogP contribution in [0.2, 0.25) is 5.02 Å². The molecule has 3 rings (SSSR count). The Balaban J connectivity index is 1.71. The van der Waals surface area contributed by atoms with Crippen molar-refractivity contribution in [2.75, 3.05) is 45.3 Å². The van der Waals surface area contributed by atoms with E-state index in [4.69, 9.17) is 16.3 Å². The summed E-state index contributed by atoms with van der Waals surface area (Å²) in [6.45, 7) is 5.23. The fourth-order valence-corrected chi connectivity index (χ4v) is 4.98. The monoisotopic (exact) mass is 427 g/mol. The number of anilines is 1. The largest absolute Gasteiger partial charge is 0.394 e. The van der Waals surface area contributed by atoms with Gasteiger partial charge in [-0.3, -0.25) is 4.90 Å². The summed E-state index contributed by atoms with van der Waals surface area (Å²) < 4.78 is 18.7. The molecular formula is C21H31ClFN3O3. The Bertz CT molecular complexity index is 708. The minimum atomic E-state index is -0.526. The van der Waals surface area contributed by atoms with E-state index in [1.807, 2.05) is 0 Å². The Hall–Kier alpha value is -1.41. The van der Waals surface area contributed by atoms with Crippen LogP contribution in [0.25, 0.3) is 0 Å². The number of hydrogen-bond acceptors (Lipinski definition) is 4. The van der Waals surface area contributed by atoms with Crippen molar-refractivity contribution in [3.8, 4) is 0 Å². The topological polar surface area (TPSA) is 65.0 Å². The Morgan fingerprint density at radius 3 is 2.90 bits per heavy atom. The lowest BCUT2D eigenvalue weighted by Crippen LogP contribution is -2.46. The maximum atomic E-state index is 13.4. The quantitative estimate of drug-likeness (QED) is 0.699. The molecule has 0 bridgehead atoms. The summed E-state index contributed by atoms with van der Waals surface area (Å²) in [7, 11) is 1.73. The van der Waals surface area contributed by atoms with Crippen LogP contribution in [0.4, 0.5) is 14.9 Å². The zero-order valence-corrected chi connectivity index (χ0v) is 17.9. The molecule has 29 heavy (non-hydrogen) atoms. The normalized spacial score (nSPS) is 27.6. The van der Waals surface area contributed by atoms with E-state index in [9.17, 15) is 14.3 Å². The maximum Gasteiger partial charge on any atom is 0.322 e. The first kappa shape index (κ1) is 22.3. The number of carbonyl (C=O) groups excluding carboxylic acids is 1. The highest BCUT2D eigenvalue weighted by Gasteiger charge is 2.44. The first-order chi connectivity index (χ1) is 14.0. The summed E-state index contributed by atoms with van der Waals surface area (Å²) in [6, 6.07) is 3.97. The number of carbonyl (C=O) groups is 1. The number of aliphatic hydroxyl groups is 1. The van der Waals surface area contributed by atoms with E-state index in [2.05, 4.69) is 17.1 Å². The smallest absolute Gasteiger partial charge is 0.322 e. The zero-order valence-electron chi connectivity index (χ0n) is 17.1. The highest BCUT2D eigenvalue weighted by molar-refractivity contribution is 6.31. The van der Waals surface area contributed by atoms with Crippen LogP contribution in [-0.4, -0.2) is 73.0 Å². The van der Waals surface area contributed by atoms with Gasteiger partial charge in [-0.1, -0.05) is 24.9 Å². The average Bonchev–Trinajstić information content (AvgIpc) is 3.29. The highest BCUT2D eigenvalue weighted by atomic mass is 35.5. The predicted molar refractivity (Wildman–Crippen MR) is 112 cm³/mol. The van der Waals surface area contributed by atoms with Crippen LogP contribution in [0.3, 0.4) is 0 Å². The molecule has 4 atom stereocenters. The second kappa shape index (κ2) is 10.1. The molecule has 0 saturated carbocycles. The lowest BCUT2D eigenvalue weighted by molar-refractivity contribution is 0.0839. The molecule has 2 aliphatic rings. The third kappa shape index (κ3) is 5.02. The van der Waals surface area contributed by atoms with Gasteiger partial charge in [-0.2, -0.15) is 0 Å². The standard InChI is InChI=1S/C21H31ClFN3O3/c1-3-14-10-26(21(28)24-15-6-7-19(23)18(22)9-15)20(12-27)17(14)11-25-8-4-5-16(25)13-29-2/h6-7,9,14,16-17,20,27H,3-5,8,10-13H2,1-2H3,(H,24,28)/t14-,16-,17-,20-/m1/s1. The summed E-state index contributed by atoms with van der Waals surface area (Å²) >= 11 is 5.82. The minimum Gasteiger partial charge on any atom is -0.394 e. The van der Waals surface area contributed by atoms with Crippen LogP contribution in [0, 0.1) is 17.7 Å². The van der Waals surface area contributed by atoms with Crippen molar-refractivity contribution >= 4 is 23.3 Å². The van der Waals surface area contributed by atoms with Gasteiger partial charge in [-0.15, -0.1) is 0 Å². The molecule has 0 radical (unpaired) electrons. The van der Waals surface area contributed by atoms with Gasteiger partial charge < -0.3 is 20.1 Å². The number of likely N-dealkylation sites (tertiary alicyclic amines) is 2. The minimum absolute atomic E-state index is 0.0366. The second-order valence-electron chi connectivity index (χ2n) is 8.04. The van der Waals surface area contributed by atoms with Gasteiger partial charge in [0.25, 0.3) is 0 Å². The summed E-state index contributed by atoms with van der Waals surface area (Å²) in [6.07, 6.45) is 3.21. The SMILES string of the molecule is CC[C@@H]1CN(C(=O)Nc2ccc(F)c(Cl)c2)[C@H](CO)[C@@H]1CN1CCC[C@@H]1COC. The molecular weight excluding hydrogens is 397 g/mol. The molecule has 0 aliphatic carbocycles. The molecule has 1 aromatic rings. The van der Waals surface area contributed by atoms with E-state index >= 15 is 0 Å². The molecule has 0 spiro atoms. The highest BCUT2D eigenvalue weighted by Crippen LogP contribution is 2.35. The molecule has 2 fully saturated rings. The zero-order chi connectivity index (χ0) is 21.0. The molecule has 1 aromatic carbocycles. The van der Waals surface area contributed by atoms with Crippen molar-refractivity contribution in [2.45, 2.75) is 38.3 Å². The summed E-state index contributed by atoms with van der Waals surface area (Å²) in [5.41, 5.74) is 0.439. The molecule has 162 valence electrons. The van der Waals surface area contributed by atoms with Crippen LogP contribution < -0.4 is 5.32 Å². The summed E-state index contributed by atoms with van der Waals surface area (Å²) in [4.78, 5) is 17.1. The van der Waals surface area contributed by atoms with Gasteiger partial charge >= 0.3 is 6.03 Å². The van der Waals surface area contributed by atoms with E-state index in [1.54, 1.807) is 12.0 Å². The van der Waals surface area contributed by atoms with Crippen molar-refractivity contribution in [1.29, 1.82) is 0 Å². The van der Waals surface area contributed by atoms with Crippen LogP contribution in [0.15, 0.2) is 18.2 Å². The Kier molecular flexibility index (Phi) is 7.73. The van der Waals surface area contributed by atoms with E-state index < -0.39 is 5.82 Å². The van der Waals surface area contributed by atoms with Gasteiger partial charge in [0.15, 0.2) is 0 Å². The first-order valence-corrected chi connectivity index (χ1v) is 10.7. The molecule has 0 unspecified atom stereocenters. The Morgan fingerprint density at radius 2 is 2.24 bits per heavy atom. The Labute approximate surface area is 177 Å². The number of urea groups is 1. The number of methoxy groups -OCH3 is 1. The maximum absolute atomic E-state index is 13.4. The van der Waals surface area contributed by atoms with Crippen molar-refractivity contribution in [1.82, 2.24) is 9.80 Å². The summed E-state index contributed by atoms with van der Waals surface area (Å²) in [5, 5.41) is 12.9. The number of nitrogens with one attached hydrogen (secondary N) is 1. The average molecular weight is 428 g/mol. The summed E-state index contributed by atoms with van der Waals surface area (Å²) in [5.74, 6) is -0.00933. The van der Waals surface area contributed by atoms with Gasteiger partial charge in [0.05, 0.1) is 24.3 Å². The number of hydrogen-bond donors (Lipinski definition) is 2. The lowest BCUT2D eigenvalue weighted by Gasteiger charge is -2.32. The molecule has 2 N–H and O–H groups in total. The van der Waals surface area contributed by atoms with Crippen molar-refractivity contribution < 1.29 is 19.0 Å². The van der Waals surface area contributed by atoms with Crippen molar-refractivity contribution in [3.05, 3.63) is 29.0 Å². The van der Waals surface area contributed by atoms with E-state index in [0.717, 1.165) is 32.4 Å². The molecule has 2 saturated heterocycles. The van der Waals surface area contributed by atoms with Crippen molar-refractivity contribution in [2.24, 2.45) is 11.8 Å². The van der Waals surface area contributed by atoms with Gasteiger partial charge in [0.1, 0.15) is 5.82 Å². The van der Waals surface area contributed by atoms with E-state index in [0.29, 0.717) is 30.8 Å². The number of nitrogens with zero attached hydrogens (tertiary/aromatic N) is 2. The van der Waals surface area contributed by atoms with Gasteiger partial charge in [-0.25, -0.2) is 9.18 Å². The molecule has 2 heterocycles. The fraction of sp³-hybridized carbons (Fsp3) is 0.667. The lowest BCUT2D eigenvalue weighted by atomic mass is 9.88. The van der Waals surface area contributed by atoms with Crippen LogP contribution in [-0.2, 0) is 4.74 Å². The number of benzene rings is 1. The van der Waals surface area contributed by atoms with Crippen molar-refractivity contribution in [3.63, 3.8) is 0 Å². The number of ether oxygens (including phenoxy) is 1. The predicted octanol–water partition coefficient (Wildman–Crippen LogP) is 3.44. The van der Waals surface area contributed by atoms with Gasteiger partial charge in [0.2, 0.25) is 0 Å². The van der Waals surface area contributed by atoms with Gasteiger partial charge in [0, 0.05) is 31.9 Å². The van der Waals surface area contributed by atoms with E-state index in [1.165, 1.54) is 18.2 Å². The Morgan fingerprint density at radius 1 is 1.45 bits per heavy atom. The molecule has 2 amide bonds. The van der Waals surface area contributed by atoms with Crippen LogP contribution in [0.5, 0.6) is 0 Å². The molecule has 8 heteroatoms. The number of rotatable bonds is 7. The fourth-order valence-electron chi connectivity index (χ4n) is 4.80. The third-order valence-corrected chi connectivity index (χ3v) is 6.67.